The number of halogens is 3. The second-order valence-corrected chi connectivity index (χ2v) is 9.77. The van der Waals surface area contributed by atoms with Crippen molar-refractivity contribution < 1.29 is 32.5 Å². The summed E-state index contributed by atoms with van der Waals surface area (Å²) in [7, 11) is 1.47. The number of nitrogens with zero attached hydrogens (tertiary/aromatic N) is 2. The third kappa shape index (κ3) is 5.04. The number of nitrogens with one attached hydrogen (secondary N) is 1. The highest BCUT2D eigenvalue weighted by Crippen LogP contribution is 2.41. The van der Waals surface area contributed by atoms with Gasteiger partial charge in [0.05, 0.1) is 31.3 Å². The van der Waals surface area contributed by atoms with E-state index in [4.69, 9.17) is 9.47 Å². The first-order chi connectivity index (χ1) is 16.9. The lowest BCUT2D eigenvalue weighted by atomic mass is 9.85. The first kappa shape index (κ1) is 25.6. The second kappa shape index (κ2) is 9.50. The summed E-state index contributed by atoms with van der Waals surface area (Å²) in [6, 6.07) is 8.94. The molecule has 2 heterocycles. The number of likely N-dealkylation sites (tertiary alicyclic amines) is 1. The summed E-state index contributed by atoms with van der Waals surface area (Å²) in [5.41, 5.74) is -1.02. The van der Waals surface area contributed by atoms with E-state index < -0.39 is 35.1 Å². The molecule has 0 saturated carbocycles. The molecule has 0 unspecified atom stereocenters. The fraction of sp³-hybridized carbons (Fsp3) is 0.385. The molecule has 192 valence electrons. The lowest BCUT2D eigenvalue weighted by Crippen LogP contribution is -2.62. The van der Waals surface area contributed by atoms with Crippen molar-refractivity contribution in [3.8, 4) is 5.75 Å². The maximum Gasteiger partial charge on any atom is 0.410 e. The Bertz CT molecular complexity index is 1290. The number of alkyl halides is 2. The van der Waals surface area contributed by atoms with Crippen molar-refractivity contribution in [2.24, 2.45) is 0 Å². The molecule has 2 aromatic carbocycles. The van der Waals surface area contributed by atoms with Crippen molar-refractivity contribution in [3.63, 3.8) is 0 Å². The summed E-state index contributed by atoms with van der Waals surface area (Å²) in [5, 5.41) is 15.0. The van der Waals surface area contributed by atoms with Crippen LogP contribution in [-0.2, 0) is 16.9 Å². The zero-order valence-electron chi connectivity index (χ0n) is 20.4. The average Bonchev–Trinajstić information content (AvgIpc) is 2.79. The highest BCUT2D eigenvalue weighted by molar-refractivity contribution is 5.93. The number of carbonyl (C=O) groups excluding carboxylic acids is 1. The minimum Gasteiger partial charge on any atom is -0.496 e. The summed E-state index contributed by atoms with van der Waals surface area (Å²) < 4.78 is 51.5. The number of hydrogen-bond donors (Lipinski definition) is 2. The van der Waals surface area contributed by atoms with Crippen LogP contribution in [0.4, 0.5) is 23.7 Å². The zero-order valence-corrected chi connectivity index (χ0v) is 20.4. The highest BCUT2D eigenvalue weighted by atomic mass is 19.3. The van der Waals surface area contributed by atoms with Gasteiger partial charge in [-0.05, 0) is 32.9 Å². The van der Waals surface area contributed by atoms with Gasteiger partial charge in [0.15, 0.2) is 0 Å². The van der Waals surface area contributed by atoms with E-state index in [-0.39, 0.29) is 25.2 Å². The predicted molar refractivity (Wildman–Crippen MR) is 129 cm³/mol. The molecule has 1 amide bonds. The number of benzene rings is 2. The van der Waals surface area contributed by atoms with Crippen LogP contribution < -0.4 is 10.1 Å². The molecule has 10 heteroatoms. The number of carbonyl (C=O) groups is 1. The second-order valence-electron chi connectivity index (χ2n) is 9.77. The molecular formula is C26H28F3N3O4. The summed E-state index contributed by atoms with van der Waals surface area (Å²) in [6.45, 7) is 5.28. The van der Waals surface area contributed by atoms with Gasteiger partial charge in [-0.25, -0.2) is 18.0 Å². The molecule has 7 nitrogen and oxygen atoms in total. The van der Waals surface area contributed by atoms with Gasteiger partial charge in [0.1, 0.15) is 22.8 Å². The van der Waals surface area contributed by atoms with Gasteiger partial charge < -0.3 is 24.8 Å². The third-order valence-corrected chi connectivity index (χ3v) is 5.93. The average molecular weight is 504 g/mol. The number of aromatic nitrogens is 1. The lowest BCUT2D eigenvalue weighted by Gasteiger charge is -2.46. The maximum atomic E-state index is 14.5. The molecule has 0 aliphatic carbocycles. The number of ether oxygens (including phenoxy) is 2. The Morgan fingerprint density at radius 2 is 1.97 bits per heavy atom. The first-order valence-corrected chi connectivity index (χ1v) is 11.4. The Kier molecular flexibility index (Phi) is 6.74. The van der Waals surface area contributed by atoms with Crippen LogP contribution in [-0.4, -0.2) is 46.9 Å². The molecule has 1 saturated heterocycles. The van der Waals surface area contributed by atoms with Crippen LogP contribution in [0.5, 0.6) is 5.75 Å². The molecule has 2 N–H and O–H groups in total. The molecule has 1 fully saturated rings. The first-order valence-electron chi connectivity index (χ1n) is 11.4. The molecule has 0 spiro atoms. The topological polar surface area (TPSA) is 83.9 Å². The third-order valence-electron chi connectivity index (χ3n) is 5.93. The Morgan fingerprint density at radius 3 is 2.61 bits per heavy atom. The molecule has 1 aliphatic rings. The predicted octanol–water partition coefficient (Wildman–Crippen LogP) is 5.37. The van der Waals surface area contributed by atoms with E-state index in [0.29, 0.717) is 27.9 Å². The van der Waals surface area contributed by atoms with Crippen molar-refractivity contribution in [1.29, 1.82) is 0 Å². The van der Waals surface area contributed by atoms with Crippen LogP contribution in [0.25, 0.3) is 10.9 Å². The number of amides is 1. The standard InChI is InChI=1S/C26H28F3N3O4/c1-25(2,3)36-24(33)32-13-26(34,14-32)18-10-17-19(8-9-30-20(17)11-21(18)35-4)31-12-15-6-5-7-16(22(15)27)23(28)29/h5-11,23,34H,12-14H2,1-4H3,(H,30,31). The van der Waals surface area contributed by atoms with Gasteiger partial charge >= 0.3 is 6.09 Å². The van der Waals surface area contributed by atoms with Crippen molar-refractivity contribution in [2.75, 3.05) is 25.5 Å². The zero-order chi connectivity index (χ0) is 26.3. The van der Waals surface area contributed by atoms with E-state index in [1.165, 1.54) is 24.1 Å². The fourth-order valence-electron chi connectivity index (χ4n) is 4.17. The number of methoxy groups -OCH3 is 1. The molecule has 1 aliphatic heterocycles. The largest absolute Gasteiger partial charge is 0.496 e. The molecular weight excluding hydrogens is 475 g/mol. The fourth-order valence-corrected chi connectivity index (χ4v) is 4.17. The Morgan fingerprint density at radius 1 is 1.25 bits per heavy atom. The monoisotopic (exact) mass is 503 g/mol. The minimum absolute atomic E-state index is 0.0123. The molecule has 0 radical (unpaired) electrons. The smallest absolute Gasteiger partial charge is 0.410 e. The Balaban J connectivity index is 1.62. The van der Waals surface area contributed by atoms with Crippen LogP contribution in [0.1, 0.15) is 43.9 Å². The molecule has 0 bridgehead atoms. The van der Waals surface area contributed by atoms with E-state index in [0.717, 1.165) is 6.07 Å². The summed E-state index contributed by atoms with van der Waals surface area (Å²) in [4.78, 5) is 18.1. The van der Waals surface area contributed by atoms with Gasteiger partial charge in [-0.2, -0.15) is 0 Å². The number of pyridine rings is 1. The number of aliphatic hydroxyl groups is 1. The van der Waals surface area contributed by atoms with E-state index in [1.54, 1.807) is 45.2 Å². The number of β-amino-alcohol motifs (C(OH)–C–C–N with tert-alkyl or cyclic N) is 1. The summed E-state index contributed by atoms with van der Waals surface area (Å²) in [6.07, 6.45) is -1.88. The van der Waals surface area contributed by atoms with Crippen molar-refractivity contribution in [2.45, 2.75) is 44.9 Å². The van der Waals surface area contributed by atoms with E-state index in [2.05, 4.69) is 10.3 Å². The minimum atomic E-state index is -2.91. The van der Waals surface area contributed by atoms with Crippen LogP contribution in [0, 0.1) is 5.82 Å². The lowest BCUT2D eigenvalue weighted by molar-refractivity contribution is -0.104. The SMILES string of the molecule is COc1cc2nccc(NCc3cccc(C(F)F)c3F)c2cc1C1(O)CN(C(=O)OC(C)(C)C)C1. The van der Waals surface area contributed by atoms with E-state index >= 15 is 0 Å². The van der Waals surface area contributed by atoms with Crippen LogP contribution in [0.3, 0.4) is 0 Å². The molecule has 3 aromatic rings. The molecule has 1 aromatic heterocycles. The molecule has 0 atom stereocenters. The van der Waals surface area contributed by atoms with Gasteiger partial charge in [0.25, 0.3) is 6.43 Å². The van der Waals surface area contributed by atoms with Gasteiger partial charge in [0.2, 0.25) is 0 Å². The number of anilines is 1. The van der Waals surface area contributed by atoms with Crippen molar-refractivity contribution in [3.05, 3.63) is 65.1 Å². The summed E-state index contributed by atoms with van der Waals surface area (Å²) >= 11 is 0. The molecule has 36 heavy (non-hydrogen) atoms. The van der Waals surface area contributed by atoms with Gasteiger partial charge in [-0.3, -0.25) is 4.98 Å². The van der Waals surface area contributed by atoms with E-state index in [9.17, 15) is 23.1 Å². The number of rotatable bonds is 6. The van der Waals surface area contributed by atoms with Gasteiger partial charge in [-0.1, -0.05) is 18.2 Å². The Hall–Kier alpha value is -3.53. The Labute approximate surface area is 206 Å². The number of hydrogen-bond acceptors (Lipinski definition) is 6. The van der Waals surface area contributed by atoms with Crippen LogP contribution in [0.2, 0.25) is 0 Å². The number of fused-ring (bicyclic) bond motifs is 1. The van der Waals surface area contributed by atoms with Gasteiger partial charge in [-0.15, -0.1) is 0 Å². The van der Waals surface area contributed by atoms with Crippen molar-refractivity contribution in [1.82, 2.24) is 9.88 Å². The summed E-state index contributed by atoms with van der Waals surface area (Å²) in [5.74, 6) is -0.555. The highest BCUT2D eigenvalue weighted by Gasteiger charge is 2.48. The van der Waals surface area contributed by atoms with E-state index in [1.807, 2.05) is 0 Å². The van der Waals surface area contributed by atoms with Crippen LogP contribution in [0.15, 0.2) is 42.6 Å². The van der Waals surface area contributed by atoms with Gasteiger partial charge in [0, 0.05) is 41.0 Å². The normalized spacial score (nSPS) is 15.1. The maximum absolute atomic E-state index is 14.5. The van der Waals surface area contributed by atoms with Crippen molar-refractivity contribution >= 4 is 22.7 Å². The molecule has 4 rings (SSSR count). The quantitative estimate of drug-likeness (QED) is 0.471. The van der Waals surface area contributed by atoms with Crippen LogP contribution >= 0.6 is 0 Å².